The van der Waals surface area contributed by atoms with Crippen molar-refractivity contribution in [2.24, 2.45) is 0 Å². The van der Waals surface area contributed by atoms with Gasteiger partial charge < -0.3 is 5.32 Å². The Balaban J connectivity index is 1.87. The Morgan fingerprint density at radius 1 is 1.00 bits per heavy atom. The standard InChI is InChI=1S/C12H11F3N4/c13-12(14,15)10-1-2-11(19-18-10)17-8-5-9-3-6-16-7-4-9/h1-4,6-7H,5,8H2,(H,17,19). The molecule has 0 aliphatic heterocycles. The third-order valence-corrected chi connectivity index (χ3v) is 2.42. The van der Waals surface area contributed by atoms with Crippen LogP contribution in [0.15, 0.2) is 36.7 Å². The predicted octanol–water partition coefficient (Wildman–Crippen LogP) is 2.54. The molecule has 1 N–H and O–H groups in total. The lowest BCUT2D eigenvalue weighted by atomic mass is 10.2. The Hall–Kier alpha value is -2.18. The molecule has 2 aromatic rings. The van der Waals surface area contributed by atoms with E-state index in [4.69, 9.17) is 0 Å². The number of hydrogen-bond acceptors (Lipinski definition) is 4. The maximum Gasteiger partial charge on any atom is 0.435 e. The van der Waals surface area contributed by atoms with Gasteiger partial charge in [0.2, 0.25) is 0 Å². The molecule has 2 heterocycles. The Morgan fingerprint density at radius 3 is 2.32 bits per heavy atom. The number of hydrogen-bond donors (Lipinski definition) is 1. The second-order valence-electron chi connectivity index (χ2n) is 3.83. The van der Waals surface area contributed by atoms with Crippen molar-refractivity contribution in [2.75, 3.05) is 11.9 Å². The number of halogens is 3. The summed E-state index contributed by atoms with van der Waals surface area (Å²) in [5, 5.41) is 9.52. The topological polar surface area (TPSA) is 50.7 Å². The molecule has 0 spiro atoms. The van der Waals surface area contributed by atoms with Gasteiger partial charge in [0.15, 0.2) is 5.69 Å². The predicted molar refractivity (Wildman–Crippen MR) is 63.5 cm³/mol. The molecule has 0 radical (unpaired) electrons. The normalized spacial score (nSPS) is 11.3. The molecule has 0 atom stereocenters. The van der Waals surface area contributed by atoms with Crippen molar-refractivity contribution in [3.05, 3.63) is 47.9 Å². The van der Waals surface area contributed by atoms with Crippen LogP contribution in [0, 0.1) is 0 Å². The molecule has 2 rings (SSSR count). The summed E-state index contributed by atoms with van der Waals surface area (Å²) in [7, 11) is 0. The Kier molecular flexibility index (Phi) is 3.94. The molecule has 0 saturated carbocycles. The van der Waals surface area contributed by atoms with Crippen LogP contribution in [-0.4, -0.2) is 21.7 Å². The molecule has 0 bridgehead atoms. The van der Waals surface area contributed by atoms with E-state index in [1.807, 2.05) is 12.1 Å². The molecule has 0 saturated heterocycles. The lowest BCUT2D eigenvalue weighted by molar-refractivity contribution is -0.141. The summed E-state index contributed by atoms with van der Waals surface area (Å²) in [5.74, 6) is 0.321. The highest BCUT2D eigenvalue weighted by Gasteiger charge is 2.32. The van der Waals surface area contributed by atoms with Gasteiger partial charge in [-0.05, 0) is 36.2 Å². The van der Waals surface area contributed by atoms with Gasteiger partial charge in [0.1, 0.15) is 5.82 Å². The maximum atomic E-state index is 12.3. The fourth-order valence-corrected chi connectivity index (χ4v) is 1.46. The van der Waals surface area contributed by atoms with Gasteiger partial charge in [-0.25, -0.2) is 0 Å². The second kappa shape index (κ2) is 5.64. The van der Waals surface area contributed by atoms with Crippen molar-refractivity contribution in [3.8, 4) is 0 Å². The van der Waals surface area contributed by atoms with Crippen molar-refractivity contribution >= 4 is 5.82 Å². The van der Waals surface area contributed by atoms with E-state index in [-0.39, 0.29) is 0 Å². The summed E-state index contributed by atoms with van der Waals surface area (Å²) in [6.07, 6.45) is -0.353. The van der Waals surface area contributed by atoms with E-state index >= 15 is 0 Å². The smallest absolute Gasteiger partial charge is 0.368 e. The summed E-state index contributed by atoms with van der Waals surface area (Å²) in [6, 6.07) is 5.92. The van der Waals surface area contributed by atoms with E-state index in [0.717, 1.165) is 18.1 Å². The summed E-state index contributed by atoms with van der Waals surface area (Å²) in [5.41, 5.74) is 0.0922. The van der Waals surface area contributed by atoms with Crippen molar-refractivity contribution in [2.45, 2.75) is 12.6 Å². The van der Waals surface area contributed by atoms with Gasteiger partial charge in [0, 0.05) is 18.9 Å². The molecule has 4 nitrogen and oxygen atoms in total. The highest BCUT2D eigenvalue weighted by molar-refractivity contribution is 5.33. The minimum atomic E-state index is -4.46. The van der Waals surface area contributed by atoms with Crippen molar-refractivity contribution in [1.82, 2.24) is 15.2 Å². The molecule has 19 heavy (non-hydrogen) atoms. The lowest BCUT2D eigenvalue weighted by Crippen LogP contribution is -2.11. The van der Waals surface area contributed by atoms with Gasteiger partial charge in [-0.15, -0.1) is 10.2 Å². The van der Waals surface area contributed by atoms with Crippen LogP contribution in [0.5, 0.6) is 0 Å². The lowest BCUT2D eigenvalue weighted by Gasteiger charge is -2.07. The first kappa shape index (κ1) is 13.3. The third-order valence-electron chi connectivity index (χ3n) is 2.42. The monoisotopic (exact) mass is 268 g/mol. The molecular weight excluding hydrogens is 257 g/mol. The quantitative estimate of drug-likeness (QED) is 0.925. The Labute approximate surface area is 107 Å². The summed E-state index contributed by atoms with van der Waals surface area (Å²) < 4.78 is 36.8. The minimum absolute atomic E-state index is 0.321. The van der Waals surface area contributed by atoms with Gasteiger partial charge in [-0.2, -0.15) is 13.2 Å². The molecular formula is C12H11F3N4. The van der Waals surface area contributed by atoms with E-state index in [2.05, 4.69) is 20.5 Å². The van der Waals surface area contributed by atoms with Gasteiger partial charge >= 0.3 is 6.18 Å². The fraction of sp³-hybridized carbons (Fsp3) is 0.250. The highest BCUT2D eigenvalue weighted by atomic mass is 19.4. The molecule has 0 aromatic carbocycles. The molecule has 100 valence electrons. The van der Waals surface area contributed by atoms with Gasteiger partial charge in [-0.1, -0.05) is 0 Å². The summed E-state index contributed by atoms with van der Waals surface area (Å²) >= 11 is 0. The number of nitrogens with zero attached hydrogens (tertiary/aromatic N) is 3. The number of nitrogens with one attached hydrogen (secondary N) is 1. The van der Waals surface area contributed by atoms with Crippen molar-refractivity contribution in [1.29, 1.82) is 0 Å². The highest BCUT2D eigenvalue weighted by Crippen LogP contribution is 2.26. The largest absolute Gasteiger partial charge is 0.435 e. The zero-order valence-electron chi connectivity index (χ0n) is 9.85. The van der Waals surface area contributed by atoms with Crippen molar-refractivity contribution in [3.63, 3.8) is 0 Å². The van der Waals surface area contributed by atoms with E-state index in [9.17, 15) is 13.2 Å². The number of pyridine rings is 1. The van der Waals surface area contributed by atoms with E-state index in [1.54, 1.807) is 12.4 Å². The zero-order chi connectivity index (χ0) is 13.7. The number of alkyl halides is 3. The SMILES string of the molecule is FC(F)(F)c1ccc(NCCc2ccncc2)nn1. The first-order chi connectivity index (χ1) is 9.05. The average Bonchev–Trinajstić information content (AvgIpc) is 2.39. The van der Waals surface area contributed by atoms with Gasteiger partial charge in [0.05, 0.1) is 0 Å². The maximum absolute atomic E-state index is 12.3. The van der Waals surface area contributed by atoms with Crippen LogP contribution >= 0.6 is 0 Å². The Morgan fingerprint density at radius 2 is 1.74 bits per heavy atom. The summed E-state index contributed by atoms with van der Waals surface area (Å²) in [6.45, 7) is 0.560. The number of anilines is 1. The second-order valence-corrected chi connectivity index (χ2v) is 3.83. The van der Waals surface area contributed by atoms with Crippen LogP contribution in [0.3, 0.4) is 0 Å². The molecule has 0 amide bonds. The molecule has 0 aliphatic carbocycles. The fourth-order valence-electron chi connectivity index (χ4n) is 1.46. The first-order valence-corrected chi connectivity index (χ1v) is 5.59. The van der Waals surface area contributed by atoms with Crippen molar-refractivity contribution < 1.29 is 13.2 Å². The number of aromatic nitrogens is 3. The van der Waals surface area contributed by atoms with Crippen LogP contribution in [0.1, 0.15) is 11.3 Å². The van der Waals surface area contributed by atoms with Crippen LogP contribution in [-0.2, 0) is 12.6 Å². The van der Waals surface area contributed by atoms with Crippen LogP contribution in [0.2, 0.25) is 0 Å². The molecule has 0 fully saturated rings. The molecule has 2 aromatic heterocycles. The zero-order valence-corrected chi connectivity index (χ0v) is 9.85. The first-order valence-electron chi connectivity index (χ1n) is 5.59. The average molecular weight is 268 g/mol. The van der Waals surface area contributed by atoms with E-state index < -0.39 is 11.9 Å². The number of rotatable bonds is 4. The van der Waals surface area contributed by atoms with Crippen LogP contribution in [0.4, 0.5) is 19.0 Å². The van der Waals surface area contributed by atoms with Crippen LogP contribution in [0.25, 0.3) is 0 Å². The van der Waals surface area contributed by atoms with Gasteiger partial charge in [-0.3, -0.25) is 4.98 Å². The van der Waals surface area contributed by atoms with E-state index in [0.29, 0.717) is 12.4 Å². The molecule has 7 heteroatoms. The Bertz CT molecular complexity index is 511. The summed E-state index contributed by atoms with van der Waals surface area (Å²) in [4.78, 5) is 3.90. The van der Waals surface area contributed by atoms with Crippen LogP contribution < -0.4 is 5.32 Å². The third kappa shape index (κ3) is 3.90. The van der Waals surface area contributed by atoms with E-state index in [1.165, 1.54) is 6.07 Å². The molecule has 0 aliphatic rings. The van der Waals surface area contributed by atoms with Gasteiger partial charge in [0.25, 0.3) is 0 Å². The minimum Gasteiger partial charge on any atom is -0.368 e. The molecule has 0 unspecified atom stereocenters.